The Balaban J connectivity index is 2.47. The van der Waals surface area contributed by atoms with Gasteiger partial charge in [-0.1, -0.05) is 40.2 Å². The second-order valence-corrected chi connectivity index (χ2v) is 9.12. The molecule has 0 fully saturated rings. The van der Waals surface area contributed by atoms with E-state index >= 15 is 0 Å². The first-order chi connectivity index (χ1) is 14.2. The molecule has 156 valence electrons. The summed E-state index contributed by atoms with van der Waals surface area (Å²) in [5.41, 5.74) is 0.251. The molecule has 1 heterocycles. The minimum Gasteiger partial charge on any atom is -0.465 e. The molecule has 3 aromatic rings. The van der Waals surface area contributed by atoms with Crippen LogP contribution in [-0.2, 0) is 19.3 Å². The van der Waals surface area contributed by atoms with Gasteiger partial charge in [-0.15, -0.1) is 0 Å². The van der Waals surface area contributed by atoms with Crippen molar-refractivity contribution in [3.05, 3.63) is 64.3 Å². The van der Waals surface area contributed by atoms with Crippen LogP contribution in [0, 0.1) is 0 Å². The molecule has 0 spiro atoms. The van der Waals surface area contributed by atoms with E-state index in [9.17, 15) is 18.0 Å². The molecule has 0 aliphatic rings. The van der Waals surface area contributed by atoms with E-state index in [1.165, 1.54) is 23.9 Å². The van der Waals surface area contributed by atoms with Crippen LogP contribution in [0.2, 0.25) is 0 Å². The fourth-order valence-electron chi connectivity index (χ4n) is 2.94. The van der Waals surface area contributed by atoms with Gasteiger partial charge in [0.25, 0.3) is 0 Å². The van der Waals surface area contributed by atoms with Crippen LogP contribution in [0.15, 0.2) is 57.9 Å². The summed E-state index contributed by atoms with van der Waals surface area (Å²) < 4.78 is 36.3. The maximum absolute atomic E-state index is 12.7. The summed E-state index contributed by atoms with van der Waals surface area (Å²) in [6.45, 7) is 0. The summed E-state index contributed by atoms with van der Waals surface area (Å²) in [6.07, 6.45) is 1.05. The van der Waals surface area contributed by atoms with Gasteiger partial charge in [0.1, 0.15) is 11.3 Å². The second-order valence-electron chi connectivity index (χ2n) is 6.22. The normalized spacial score (nSPS) is 11.2. The lowest BCUT2D eigenvalue weighted by atomic mass is 10.1. The molecule has 0 amide bonds. The van der Waals surface area contributed by atoms with E-state index < -0.39 is 21.8 Å². The highest BCUT2D eigenvalue weighted by Gasteiger charge is 2.33. The van der Waals surface area contributed by atoms with Crippen LogP contribution in [0.5, 0.6) is 0 Å². The van der Waals surface area contributed by atoms with Crippen LogP contribution >= 0.6 is 15.9 Å². The summed E-state index contributed by atoms with van der Waals surface area (Å²) in [5, 5.41) is 4.43. The van der Waals surface area contributed by atoms with E-state index in [1.54, 1.807) is 36.4 Å². The predicted molar refractivity (Wildman–Crippen MR) is 112 cm³/mol. The zero-order valence-corrected chi connectivity index (χ0v) is 18.7. The van der Waals surface area contributed by atoms with Crippen LogP contribution in [0.4, 0.5) is 0 Å². The largest absolute Gasteiger partial charge is 0.465 e. The molecule has 0 saturated heterocycles. The highest BCUT2D eigenvalue weighted by molar-refractivity contribution is 9.10. The molecular weight excluding hydrogens is 476 g/mol. The summed E-state index contributed by atoms with van der Waals surface area (Å²) in [6, 6.07) is 13.1. The predicted octanol–water partition coefficient (Wildman–Crippen LogP) is 3.28. The zero-order valence-electron chi connectivity index (χ0n) is 16.2. The van der Waals surface area contributed by atoms with Gasteiger partial charge in [0.05, 0.1) is 24.8 Å². The van der Waals surface area contributed by atoms with Crippen molar-refractivity contribution in [3.8, 4) is 16.9 Å². The number of para-hydroxylation sites is 1. The molecule has 10 heteroatoms. The van der Waals surface area contributed by atoms with Gasteiger partial charge in [0, 0.05) is 16.3 Å². The van der Waals surface area contributed by atoms with E-state index in [1.807, 2.05) is 0 Å². The lowest BCUT2D eigenvalue weighted by Gasteiger charge is -2.08. The number of rotatable bonds is 5. The lowest BCUT2D eigenvalue weighted by molar-refractivity contribution is 0.0549. The van der Waals surface area contributed by atoms with E-state index in [-0.39, 0.29) is 27.4 Å². The molecule has 8 nitrogen and oxygen atoms in total. The van der Waals surface area contributed by atoms with Crippen molar-refractivity contribution in [2.24, 2.45) is 0 Å². The maximum Gasteiger partial charge on any atom is 0.357 e. The standard InChI is InChI=1S/C20H17BrN2O6S/c1-28-19(24)16-17(14-10-9-12(21)11-15(14)30(3,26)27)22-23(18(16)20(25)29-2)13-7-5-4-6-8-13/h4-11H,1-3H3. The average molecular weight is 493 g/mol. The minimum atomic E-state index is -3.69. The Morgan fingerprint density at radius 2 is 1.63 bits per heavy atom. The SMILES string of the molecule is COC(=O)c1c(-c2ccc(Br)cc2S(C)(=O)=O)nn(-c2ccccc2)c1C(=O)OC. The molecule has 30 heavy (non-hydrogen) atoms. The topological polar surface area (TPSA) is 105 Å². The highest BCUT2D eigenvalue weighted by Crippen LogP contribution is 2.34. The number of hydrogen-bond donors (Lipinski definition) is 0. The van der Waals surface area contributed by atoms with Crippen molar-refractivity contribution in [2.75, 3.05) is 20.5 Å². The zero-order chi connectivity index (χ0) is 22.1. The fraction of sp³-hybridized carbons (Fsp3) is 0.150. The van der Waals surface area contributed by atoms with Gasteiger partial charge in [0.15, 0.2) is 15.5 Å². The molecule has 0 bridgehead atoms. The van der Waals surface area contributed by atoms with Crippen LogP contribution in [-0.4, -0.2) is 50.6 Å². The molecular formula is C20H17BrN2O6S. The van der Waals surface area contributed by atoms with Gasteiger partial charge in [-0.3, -0.25) is 0 Å². The number of hydrogen-bond acceptors (Lipinski definition) is 7. The minimum absolute atomic E-state index is 0.0148. The monoisotopic (exact) mass is 492 g/mol. The van der Waals surface area contributed by atoms with Crippen LogP contribution in [0.25, 0.3) is 16.9 Å². The van der Waals surface area contributed by atoms with Crippen molar-refractivity contribution in [1.29, 1.82) is 0 Å². The fourth-order valence-corrected chi connectivity index (χ4v) is 4.36. The van der Waals surface area contributed by atoms with E-state index in [4.69, 9.17) is 9.47 Å². The summed E-state index contributed by atoms with van der Waals surface area (Å²) in [4.78, 5) is 25.2. The van der Waals surface area contributed by atoms with E-state index in [0.29, 0.717) is 10.2 Å². The Kier molecular flexibility index (Phi) is 6.09. The highest BCUT2D eigenvalue weighted by atomic mass is 79.9. The second kappa shape index (κ2) is 8.41. The number of halogens is 1. The number of carbonyl (C=O) groups excluding carboxylic acids is 2. The smallest absolute Gasteiger partial charge is 0.357 e. The van der Waals surface area contributed by atoms with Gasteiger partial charge in [0.2, 0.25) is 0 Å². The van der Waals surface area contributed by atoms with E-state index in [2.05, 4.69) is 21.0 Å². The molecule has 0 aliphatic carbocycles. The number of nitrogens with zero attached hydrogens (tertiary/aromatic N) is 2. The Labute approximate surface area is 181 Å². The van der Waals surface area contributed by atoms with Gasteiger partial charge in [-0.2, -0.15) is 5.10 Å². The van der Waals surface area contributed by atoms with Crippen LogP contribution in [0.3, 0.4) is 0 Å². The average Bonchev–Trinajstić information content (AvgIpc) is 3.13. The third kappa shape index (κ3) is 4.01. The molecule has 0 atom stereocenters. The molecule has 1 aromatic heterocycles. The Bertz CT molecular complexity index is 1240. The summed E-state index contributed by atoms with van der Waals surface area (Å²) in [7, 11) is -1.36. The van der Waals surface area contributed by atoms with Gasteiger partial charge in [-0.25, -0.2) is 22.7 Å². The Hall–Kier alpha value is -2.98. The van der Waals surface area contributed by atoms with Crippen LogP contribution < -0.4 is 0 Å². The molecule has 0 saturated carbocycles. The molecule has 0 aliphatic heterocycles. The number of carbonyl (C=O) groups is 2. The van der Waals surface area contributed by atoms with Crippen molar-refractivity contribution in [3.63, 3.8) is 0 Å². The number of sulfone groups is 1. The molecule has 3 rings (SSSR count). The molecule has 0 N–H and O–H groups in total. The third-order valence-corrected chi connectivity index (χ3v) is 5.88. The van der Waals surface area contributed by atoms with Gasteiger partial charge in [-0.05, 0) is 24.3 Å². The van der Waals surface area contributed by atoms with Crippen molar-refractivity contribution < 1.29 is 27.5 Å². The lowest BCUT2D eigenvalue weighted by Crippen LogP contribution is -2.15. The van der Waals surface area contributed by atoms with Crippen molar-refractivity contribution in [1.82, 2.24) is 9.78 Å². The first-order valence-electron chi connectivity index (χ1n) is 8.54. The van der Waals surface area contributed by atoms with Crippen molar-refractivity contribution >= 4 is 37.7 Å². The quantitative estimate of drug-likeness (QED) is 0.503. The van der Waals surface area contributed by atoms with Crippen LogP contribution in [0.1, 0.15) is 20.8 Å². The third-order valence-electron chi connectivity index (χ3n) is 4.25. The molecule has 2 aromatic carbocycles. The number of benzene rings is 2. The molecule has 0 radical (unpaired) electrons. The maximum atomic E-state index is 12.7. The molecule has 0 unspecified atom stereocenters. The Morgan fingerprint density at radius 3 is 2.20 bits per heavy atom. The van der Waals surface area contributed by atoms with E-state index in [0.717, 1.165) is 13.4 Å². The number of methoxy groups -OCH3 is 2. The number of esters is 2. The summed E-state index contributed by atoms with van der Waals surface area (Å²) >= 11 is 3.26. The van der Waals surface area contributed by atoms with Gasteiger partial charge >= 0.3 is 11.9 Å². The number of ether oxygens (including phenoxy) is 2. The Morgan fingerprint density at radius 1 is 1.00 bits per heavy atom. The summed E-state index contributed by atoms with van der Waals surface area (Å²) in [5.74, 6) is -1.68. The first-order valence-corrected chi connectivity index (χ1v) is 11.2. The number of aromatic nitrogens is 2. The first kappa shape index (κ1) is 21.7. The van der Waals surface area contributed by atoms with Crippen molar-refractivity contribution in [2.45, 2.75) is 4.90 Å². The van der Waals surface area contributed by atoms with Gasteiger partial charge < -0.3 is 9.47 Å².